The monoisotopic (exact) mass is 190 g/mol. The molecule has 1 aromatic rings. The Morgan fingerprint density at radius 3 is 3.00 bits per heavy atom. The Kier molecular flexibility index (Phi) is 2.32. The van der Waals surface area contributed by atoms with Crippen LogP contribution in [0.2, 0.25) is 0 Å². The molecule has 1 heterocycles. The molecule has 1 aliphatic rings. The minimum atomic E-state index is 0.192. The van der Waals surface area contributed by atoms with Gasteiger partial charge in [-0.05, 0) is 12.3 Å². The number of Topliss-reactive ketones (excluding diaryl/α,β-unsaturated/α-hetero) is 1. The first kappa shape index (κ1) is 9.31. The Hall–Kier alpha value is -1.25. The third-order valence-electron chi connectivity index (χ3n) is 2.88. The van der Waals surface area contributed by atoms with Crippen LogP contribution in [0.3, 0.4) is 0 Å². The van der Waals surface area contributed by atoms with Gasteiger partial charge in [0.25, 0.3) is 0 Å². The molecule has 0 aromatic carbocycles. The summed E-state index contributed by atoms with van der Waals surface area (Å²) in [5.74, 6) is 1.15. The molecule has 0 saturated carbocycles. The van der Waals surface area contributed by atoms with Gasteiger partial charge in [0.1, 0.15) is 6.33 Å². The molecule has 1 atom stereocenters. The van der Waals surface area contributed by atoms with Gasteiger partial charge in [0.15, 0.2) is 5.78 Å². The van der Waals surface area contributed by atoms with Crippen LogP contribution in [0.15, 0.2) is 12.5 Å². The van der Waals surface area contributed by atoms with Gasteiger partial charge in [0.2, 0.25) is 0 Å². The SMILES string of the molecule is CC(C)C1CCC(=O)c2cncnc21. The van der Waals surface area contributed by atoms with Crippen LogP contribution >= 0.6 is 0 Å². The lowest BCUT2D eigenvalue weighted by Crippen LogP contribution is -2.21. The maximum Gasteiger partial charge on any atom is 0.166 e. The standard InChI is InChI=1S/C11H14N2O/c1-7(2)8-3-4-10(14)9-5-12-6-13-11(8)9/h5-8H,3-4H2,1-2H3. The van der Waals surface area contributed by atoms with Gasteiger partial charge >= 0.3 is 0 Å². The van der Waals surface area contributed by atoms with E-state index in [9.17, 15) is 4.79 Å². The fourth-order valence-corrected chi connectivity index (χ4v) is 2.06. The molecule has 0 spiro atoms. The largest absolute Gasteiger partial charge is 0.294 e. The van der Waals surface area contributed by atoms with Crippen molar-refractivity contribution in [2.45, 2.75) is 32.6 Å². The minimum Gasteiger partial charge on any atom is -0.294 e. The fraction of sp³-hybridized carbons (Fsp3) is 0.545. The van der Waals surface area contributed by atoms with Crippen molar-refractivity contribution >= 4 is 5.78 Å². The quantitative estimate of drug-likeness (QED) is 0.681. The van der Waals surface area contributed by atoms with Crippen LogP contribution < -0.4 is 0 Å². The molecular formula is C11H14N2O. The summed E-state index contributed by atoms with van der Waals surface area (Å²) in [5.41, 5.74) is 1.68. The summed E-state index contributed by atoms with van der Waals surface area (Å²) in [6.07, 6.45) is 4.76. The predicted octanol–water partition coefficient (Wildman–Crippen LogP) is 2.19. The van der Waals surface area contributed by atoms with E-state index in [0.717, 1.165) is 17.7 Å². The van der Waals surface area contributed by atoms with Crippen molar-refractivity contribution in [3.8, 4) is 0 Å². The predicted molar refractivity (Wildman–Crippen MR) is 53.2 cm³/mol. The molecule has 0 bridgehead atoms. The lowest BCUT2D eigenvalue weighted by molar-refractivity contribution is 0.0961. The van der Waals surface area contributed by atoms with Crippen molar-refractivity contribution in [1.29, 1.82) is 0 Å². The number of nitrogens with zero attached hydrogens (tertiary/aromatic N) is 2. The molecule has 74 valence electrons. The van der Waals surface area contributed by atoms with Crippen LogP contribution in [0.1, 0.15) is 48.7 Å². The van der Waals surface area contributed by atoms with E-state index in [1.807, 2.05) is 0 Å². The molecule has 2 rings (SSSR count). The van der Waals surface area contributed by atoms with Crippen LogP contribution in [0.25, 0.3) is 0 Å². The molecular weight excluding hydrogens is 176 g/mol. The van der Waals surface area contributed by atoms with Gasteiger partial charge in [0.05, 0.1) is 11.3 Å². The molecule has 14 heavy (non-hydrogen) atoms. The number of rotatable bonds is 1. The molecule has 1 aliphatic carbocycles. The van der Waals surface area contributed by atoms with Crippen molar-refractivity contribution in [3.63, 3.8) is 0 Å². The summed E-state index contributed by atoms with van der Waals surface area (Å²) < 4.78 is 0. The second-order valence-corrected chi connectivity index (χ2v) is 4.13. The fourth-order valence-electron chi connectivity index (χ4n) is 2.06. The molecule has 0 saturated heterocycles. The van der Waals surface area contributed by atoms with E-state index in [-0.39, 0.29) is 5.78 Å². The number of fused-ring (bicyclic) bond motifs is 1. The molecule has 0 N–H and O–H groups in total. The number of carbonyl (C=O) groups excluding carboxylic acids is 1. The third kappa shape index (κ3) is 1.43. The van der Waals surface area contributed by atoms with Crippen LogP contribution in [-0.2, 0) is 0 Å². The van der Waals surface area contributed by atoms with Crippen molar-refractivity contribution in [3.05, 3.63) is 23.8 Å². The highest BCUT2D eigenvalue weighted by molar-refractivity contribution is 5.97. The highest BCUT2D eigenvalue weighted by Gasteiger charge is 2.28. The van der Waals surface area contributed by atoms with Crippen molar-refractivity contribution in [2.75, 3.05) is 0 Å². The van der Waals surface area contributed by atoms with Crippen molar-refractivity contribution in [2.24, 2.45) is 5.92 Å². The lowest BCUT2D eigenvalue weighted by atomic mass is 9.80. The van der Waals surface area contributed by atoms with E-state index in [1.54, 1.807) is 6.20 Å². The van der Waals surface area contributed by atoms with Gasteiger partial charge in [-0.2, -0.15) is 0 Å². The molecule has 0 radical (unpaired) electrons. The maximum atomic E-state index is 11.6. The van der Waals surface area contributed by atoms with Gasteiger partial charge in [-0.25, -0.2) is 9.97 Å². The molecule has 1 aromatic heterocycles. The zero-order valence-electron chi connectivity index (χ0n) is 8.53. The Morgan fingerprint density at radius 2 is 2.29 bits per heavy atom. The minimum absolute atomic E-state index is 0.192. The molecule has 0 amide bonds. The van der Waals surface area contributed by atoms with Gasteiger partial charge < -0.3 is 0 Å². The number of ketones is 1. The molecule has 0 fully saturated rings. The first-order valence-electron chi connectivity index (χ1n) is 5.03. The van der Waals surface area contributed by atoms with Crippen LogP contribution in [-0.4, -0.2) is 15.8 Å². The zero-order valence-corrected chi connectivity index (χ0v) is 8.53. The number of hydrogen-bond acceptors (Lipinski definition) is 3. The average molecular weight is 190 g/mol. The number of carbonyl (C=O) groups is 1. The average Bonchev–Trinajstić information content (AvgIpc) is 2.18. The van der Waals surface area contributed by atoms with E-state index in [4.69, 9.17) is 0 Å². The molecule has 1 unspecified atom stereocenters. The van der Waals surface area contributed by atoms with E-state index >= 15 is 0 Å². The number of aromatic nitrogens is 2. The van der Waals surface area contributed by atoms with Gasteiger partial charge in [-0.3, -0.25) is 4.79 Å². The van der Waals surface area contributed by atoms with E-state index in [0.29, 0.717) is 18.3 Å². The lowest BCUT2D eigenvalue weighted by Gasteiger charge is -2.25. The highest BCUT2D eigenvalue weighted by Crippen LogP contribution is 2.34. The first-order valence-corrected chi connectivity index (χ1v) is 5.03. The summed E-state index contributed by atoms with van der Waals surface area (Å²) in [5, 5.41) is 0. The Labute approximate surface area is 83.6 Å². The van der Waals surface area contributed by atoms with Crippen LogP contribution in [0, 0.1) is 5.92 Å². The van der Waals surface area contributed by atoms with Crippen molar-refractivity contribution < 1.29 is 4.79 Å². The Morgan fingerprint density at radius 1 is 1.50 bits per heavy atom. The second-order valence-electron chi connectivity index (χ2n) is 4.13. The third-order valence-corrected chi connectivity index (χ3v) is 2.88. The van der Waals surface area contributed by atoms with Crippen LogP contribution in [0.4, 0.5) is 0 Å². The van der Waals surface area contributed by atoms with E-state index < -0.39 is 0 Å². The number of hydrogen-bond donors (Lipinski definition) is 0. The summed E-state index contributed by atoms with van der Waals surface area (Å²) in [4.78, 5) is 19.7. The first-order chi connectivity index (χ1) is 6.70. The Bertz CT molecular complexity index is 360. The van der Waals surface area contributed by atoms with Gasteiger partial charge in [0, 0.05) is 18.5 Å². The smallest absolute Gasteiger partial charge is 0.166 e. The molecule has 3 nitrogen and oxygen atoms in total. The van der Waals surface area contributed by atoms with E-state index in [1.165, 1.54) is 6.33 Å². The normalized spacial score (nSPS) is 21.1. The van der Waals surface area contributed by atoms with E-state index in [2.05, 4.69) is 23.8 Å². The summed E-state index contributed by atoms with van der Waals surface area (Å²) in [6.45, 7) is 4.35. The topological polar surface area (TPSA) is 42.9 Å². The Balaban J connectivity index is 2.46. The van der Waals surface area contributed by atoms with Crippen LogP contribution in [0.5, 0.6) is 0 Å². The van der Waals surface area contributed by atoms with Crippen molar-refractivity contribution in [1.82, 2.24) is 9.97 Å². The zero-order chi connectivity index (χ0) is 10.1. The summed E-state index contributed by atoms with van der Waals surface area (Å²) in [6, 6.07) is 0. The highest BCUT2D eigenvalue weighted by atomic mass is 16.1. The maximum absolute atomic E-state index is 11.6. The van der Waals surface area contributed by atoms with Gasteiger partial charge in [-0.1, -0.05) is 13.8 Å². The molecule has 3 heteroatoms. The summed E-state index contributed by atoms with van der Waals surface area (Å²) >= 11 is 0. The van der Waals surface area contributed by atoms with Gasteiger partial charge in [-0.15, -0.1) is 0 Å². The molecule has 0 aliphatic heterocycles. The summed E-state index contributed by atoms with van der Waals surface area (Å²) in [7, 11) is 0. The second kappa shape index (κ2) is 3.48.